The third-order valence-corrected chi connectivity index (χ3v) is 4.73. The first-order chi connectivity index (χ1) is 10.0. The fourth-order valence-electron chi connectivity index (χ4n) is 2.74. The van der Waals surface area contributed by atoms with Gasteiger partial charge in [-0.15, -0.1) is 0 Å². The minimum absolute atomic E-state index is 0.279. The van der Waals surface area contributed by atoms with Crippen LogP contribution in [0, 0.1) is 13.8 Å². The molecule has 21 heavy (non-hydrogen) atoms. The Labute approximate surface area is 132 Å². The number of benzene rings is 1. The molecule has 0 radical (unpaired) electrons. The second-order valence-electron chi connectivity index (χ2n) is 5.09. The summed E-state index contributed by atoms with van der Waals surface area (Å²) in [6.07, 6.45) is 0.922. The number of nitrogens with one attached hydrogen (secondary N) is 1. The average molecular weight is 349 g/mol. The highest BCUT2D eigenvalue weighted by Gasteiger charge is 2.23. The van der Waals surface area contributed by atoms with Crippen molar-refractivity contribution in [2.45, 2.75) is 20.3 Å². The number of rotatable bonds is 2. The molecule has 0 saturated heterocycles. The molecule has 5 nitrogen and oxygen atoms in total. The maximum atomic E-state index is 5.75. The van der Waals surface area contributed by atoms with Crippen LogP contribution in [0.5, 0.6) is 5.75 Å². The van der Waals surface area contributed by atoms with Gasteiger partial charge in [0.2, 0.25) is 5.95 Å². The normalized spacial score (nSPS) is 13.0. The molecule has 2 aromatic rings. The van der Waals surface area contributed by atoms with Gasteiger partial charge >= 0.3 is 0 Å². The zero-order valence-corrected chi connectivity index (χ0v) is 13.8. The summed E-state index contributed by atoms with van der Waals surface area (Å²) >= 11 is 3.65. The number of ether oxygens (including phenoxy) is 1. The Morgan fingerprint density at radius 1 is 1.33 bits per heavy atom. The summed E-state index contributed by atoms with van der Waals surface area (Å²) in [5.41, 5.74) is 11.0. The van der Waals surface area contributed by atoms with Gasteiger partial charge in [0, 0.05) is 19.0 Å². The van der Waals surface area contributed by atoms with Gasteiger partial charge in [0.1, 0.15) is 11.6 Å². The van der Waals surface area contributed by atoms with Crippen molar-refractivity contribution in [3.63, 3.8) is 0 Å². The summed E-state index contributed by atoms with van der Waals surface area (Å²) in [5.74, 6) is 1.98. The predicted octanol–water partition coefficient (Wildman–Crippen LogP) is 3.08. The van der Waals surface area contributed by atoms with Gasteiger partial charge in [0.25, 0.3) is 0 Å². The lowest BCUT2D eigenvalue weighted by atomic mass is 9.96. The van der Waals surface area contributed by atoms with E-state index in [1.807, 2.05) is 14.0 Å². The minimum atomic E-state index is 0.279. The van der Waals surface area contributed by atoms with Crippen LogP contribution in [0.15, 0.2) is 10.5 Å². The number of nitrogens with two attached hydrogens (primary N) is 1. The molecule has 0 unspecified atom stereocenters. The maximum absolute atomic E-state index is 5.75. The topological polar surface area (TPSA) is 73.1 Å². The van der Waals surface area contributed by atoms with Crippen LogP contribution in [0.1, 0.15) is 16.8 Å². The van der Waals surface area contributed by atoms with E-state index in [1.54, 1.807) is 0 Å². The quantitative estimate of drug-likeness (QED) is 0.872. The highest BCUT2D eigenvalue weighted by atomic mass is 79.9. The lowest BCUT2D eigenvalue weighted by Crippen LogP contribution is -2.05. The van der Waals surface area contributed by atoms with E-state index in [0.717, 1.165) is 51.5 Å². The van der Waals surface area contributed by atoms with E-state index in [2.05, 4.69) is 44.2 Å². The molecule has 1 aromatic heterocycles. The number of nitrogen functional groups attached to an aromatic ring is 1. The first-order valence-electron chi connectivity index (χ1n) is 6.80. The van der Waals surface area contributed by atoms with Crippen LogP contribution in [0.2, 0.25) is 0 Å². The SMILES string of the molecule is CNc1nc(N)nc(C)c1-c1cc2c(c(Br)c1C)OCC2. The Kier molecular flexibility index (Phi) is 3.49. The molecule has 0 atom stereocenters. The summed E-state index contributed by atoms with van der Waals surface area (Å²) in [5, 5.41) is 3.11. The average Bonchev–Trinajstić information content (AvgIpc) is 2.91. The van der Waals surface area contributed by atoms with E-state index in [4.69, 9.17) is 10.5 Å². The van der Waals surface area contributed by atoms with E-state index in [-0.39, 0.29) is 5.95 Å². The smallest absolute Gasteiger partial charge is 0.222 e. The van der Waals surface area contributed by atoms with Gasteiger partial charge in [-0.1, -0.05) is 0 Å². The number of hydrogen-bond acceptors (Lipinski definition) is 5. The molecule has 0 spiro atoms. The van der Waals surface area contributed by atoms with E-state index in [0.29, 0.717) is 0 Å². The molecule has 1 aliphatic rings. The molecule has 0 fully saturated rings. The summed E-state index contributed by atoms with van der Waals surface area (Å²) in [6.45, 7) is 4.74. The number of halogens is 1. The van der Waals surface area contributed by atoms with Gasteiger partial charge in [0.05, 0.1) is 16.8 Å². The zero-order chi connectivity index (χ0) is 15.1. The monoisotopic (exact) mass is 348 g/mol. The number of aryl methyl sites for hydroxylation is 1. The Hall–Kier alpha value is -1.82. The summed E-state index contributed by atoms with van der Waals surface area (Å²) in [6, 6.07) is 2.17. The molecular weight excluding hydrogens is 332 g/mol. The molecule has 3 rings (SSSR count). The number of hydrogen-bond donors (Lipinski definition) is 2. The van der Waals surface area contributed by atoms with Crippen LogP contribution in [-0.2, 0) is 6.42 Å². The molecule has 3 N–H and O–H groups in total. The second kappa shape index (κ2) is 5.18. The van der Waals surface area contributed by atoms with Crippen molar-refractivity contribution in [1.29, 1.82) is 0 Å². The van der Waals surface area contributed by atoms with Gasteiger partial charge in [-0.2, -0.15) is 4.98 Å². The van der Waals surface area contributed by atoms with E-state index in [1.165, 1.54) is 5.56 Å². The first kappa shape index (κ1) is 14.1. The highest BCUT2D eigenvalue weighted by Crippen LogP contribution is 2.43. The van der Waals surface area contributed by atoms with Gasteiger partial charge in [0.15, 0.2) is 0 Å². The first-order valence-corrected chi connectivity index (χ1v) is 7.59. The summed E-state index contributed by atoms with van der Waals surface area (Å²) in [7, 11) is 1.84. The van der Waals surface area contributed by atoms with Crippen molar-refractivity contribution in [2.75, 3.05) is 24.7 Å². The molecule has 6 heteroatoms. The Morgan fingerprint density at radius 2 is 2.10 bits per heavy atom. The second-order valence-corrected chi connectivity index (χ2v) is 5.88. The Morgan fingerprint density at radius 3 is 2.81 bits per heavy atom. The van der Waals surface area contributed by atoms with Crippen molar-refractivity contribution in [3.05, 3.63) is 27.4 Å². The van der Waals surface area contributed by atoms with Crippen LogP contribution in [0.25, 0.3) is 11.1 Å². The van der Waals surface area contributed by atoms with Gasteiger partial charge in [-0.25, -0.2) is 4.98 Å². The molecular formula is C15H17BrN4O. The molecule has 0 aliphatic carbocycles. The van der Waals surface area contributed by atoms with E-state index >= 15 is 0 Å². The zero-order valence-electron chi connectivity index (χ0n) is 12.2. The van der Waals surface area contributed by atoms with E-state index in [9.17, 15) is 0 Å². The van der Waals surface area contributed by atoms with Crippen LogP contribution in [-0.4, -0.2) is 23.6 Å². The van der Waals surface area contributed by atoms with Crippen LogP contribution in [0.4, 0.5) is 11.8 Å². The predicted molar refractivity (Wildman–Crippen MR) is 87.8 cm³/mol. The Bertz CT molecular complexity index is 730. The third-order valence-electron chi connectivity index (χ3n) is 3.77. The van der Waals surface area contributed by atoms with Crippen molar-refractivity contribution in [1.82, 2.24) is 9.97 Å². The van der Waals surface area contributed by atoms with Gasteiger partial charge < -0.3 is 15.8 Å². The highest BCUT2D eigenvalue weighted by molar-refractivity contribution is 9.10. The number of anilines is 2. The molecule has 0 amide bonds. The summed E-state index contributed by atoms with van der Waals surface area (Å²) in [4.78, 5) is 8.61. The third kappa shape index (κ3) is 2.23. The minimum Gasteiger partial charge on any atom is -0.492 e. The van der Waals surface area contributed by atoms with Crippen molar-refractivity contribution in [2.24, 2.45) is 0 Å². The maximum Gasteiger partial charge on any atom is 0.222 e. The molecule has 2 heterocycles. The molecule has 0 bridgehead atoms. The van der Waals surface area contributed by atoms with E-state index < -0.39 is 0 Å². The molecule has 110 valence electrons. The molecule has 1 aliphatic heterocycles. The van der Waals surface area contributed by atoms with Crippen molar-refractivity contribution in [3.8, 4) is 16.9 Å². The fourth-order valence-corrected chi connectivity index (χ4v) is 3.32. The molecule has 0 saturated carbocycles. The van der Waals surface area contributed by atoms with Crippen LogP contribution in [0.3, 0.4) is 0 Å². The van der Waals surface area contributed by atoms with Crippen molar-refractivity contribution >= 4 is 27.7 Å². The van der Waals surface area contributed by atoms with Gasteiger partial charge in [-0.3, -0.25) is 0 Å². The lowest BCUT2D eigenvalue weighted by Gasteiger charge is -2.16. The number of nitrogens with zero attached hydrogens (tertiary/aromatic N) is 2. The summed E-state index contributed by atoms with van der Waals surface area (Å²) < 4.78 is 6.70. The Balaban J connectivity index is 2.29. The van der Waals surface area contributed by atoms with Gasteiger partial charge in [-0.05, 0) is 52.5 Å². The largest absolute Gasteiger partial charge is 0.492 e. The molecule has 1 aromatic carbocycles. The fraction of sp³-hybridized carbons (Fsp3) is 0.333. The number of aromatic nitrogens is 2. The standard InChI is InChI=1S/C15H17BrN4O/c1-7-10(6-9-4-5-21-13(9)12(7)16)11-8(2)19-15(17)20-14(11)18-3/h6H,4-5H2,1-3H3,(H3,17,18,19,20). The lowest BCUT2D eigenvalue weighted by molar-refractivity contribution is 0.354. The number of fused-ring (bicyclic) bond motifs is 1. The van der Waals surface area contributed by atoms with Crippen LogP contribution < -0.4 is 15.8 Å². The van der Waals surface area contributed by atoms with Crippen LogP contribution >= 0.6 is 15.9 Å². The van der Waals surface area contributed by atoms with Crippen molar-refractivity contribution < 1.29 is 4.74 Å².